The molecule has 1 aromatic carbocycles. The Morgan fingerprint density at radius 3 is 2.67 bits per heavy atom. The number of nitrogens with one attached hydrogen (secondary N) is 1. The van der Waals surface area contributed by atoms with Gasteiger partial charge in [-0.25, -0.2) is 4.39 Å². The third kappa shape index (κ3) is 4.16. The number of carbonyl (C=O) groups excluding carboxylic acids is 1. The van der Waals surface area contributed by atoms with E-state index in [2.05, 4.69) is 36.3 Å². The molecule has 0 radical (unpaired) electrons. The third-order valence-corrected chi connectivity index (χ3v) is 10.1. The highest BCUT2D eigenvalue weighted by Crippen LogP contribution is 2.67. The molecule has 192 valence electrons. The Balaban J connectivity index is 1.19. The number of rotatable bonds is 5. The van der Waals surface area contributed by atoms with E-state index >= 15 is 0 Å². The smallest absolute Gasteiger partial charge is 0.261 e. The van der Waals surface area contributed by atoms with Gasteiger partial charge in [0, 0.05) is 12.0 Å². The Kier molecular flexibility index (Phi) is 6.49. The van der Waals surface area contributed by atoms with E-state index in [1.807, 2.05) is 0 Å². The highest BCUT2D eigenvalue weighted by atomic mass is 19.1. The lowest BCUT2D eigenvalue weighted by Crippen LogP contribution is -2.54. The lowest BCUT2D eigenvalue weighted by atomic mass is 9.46. The first-order chi connectivity index (χ1) is 17.2. The van der Waals surface area contributed by atoms with Gasteiger partial charge in [-0.1, -0.05) is 42.6 Å². The van der Waals surface area contributed by atoms with E-state index in [0.29, 0.717) is 24.3 Å². The van der Waals surface area contributed by atoms with Crippen molar-refractivity contribution in [3.8, 4) is 12.3 Å². The van der Waals surface area contributed by atoms with E-state index in [1.54, 1.807) is 12.1 Å². The predicted octanol–water partition coefficient (Wildman–Crippen LogP) is 5.14. The van der Waals surface area contributed by atoms with Crippen molar-refractivity contribution in [2.75, 3.05) is 6.61 Å². The highest BCUT2D eigenvalue weighted by molar-refractivity contribution is 5.96. The van der Waals surface area contributed by atoms with Gasteiger partial charge in [0.2, 0.25) is 0 Å². The molecule has 5 rings (SSSR count). The summed E-state index contributed by atoms with van der Waals surface area (Å²) in [5.74, 6) is 3.91. The number of halogens is 1. The average molecular weight is 493 g/mol. The van der Waals surface area contributed by atoms with Crippen molar-refractivity contribution in [3.05, 3.63) is 47.3 Å². The Morgan fingerprint density at radius 1 is 1.17 bits per heavy atom. The van der Waals surface area contributed by atoms with Gasteiger partial charge in [0.05, 0.1) is 5.71 Å². The monoisotopic (exact) mass is 492 g/mol. The van der Waals surface area contributed by atoms with Crippen molar-refractivity contribution in [3.63, 3.8) is 0 Å². The van der Waals surface area contributed by atoms with Crippen molar-refractivity contribution in [2.45, 2.75) is 77.4 Å². The number of allylic oxidation sites excluding steroid dienone is 2. The van der Waals surface area contributed by atoms with E-state index in [9.17, 15) is 14.3 Å². The molecule has 0 spiro atoms. The molecule has 2 N–H and O–H groups in total. The fourth-order valence-corrected chi connectivity index (χ4v) is 7.92. The predicted molar refractivity (Wildman–Crippen MR) is 137 cm³/mol. The molecule has 6 atom stereocenters. The van der Waals surface area contributed by atoms with Crippen molar-refractivity contribution < 1.29 is 19.1 Å². The van der Waals surface area contributed by atoms with Crippen molar-refractivity contribution in [2.24, 2.45) is 33.7 Å². The van der Waals surface area contributed by atoms with E-state index < -0.39 is 5.60 Å². The van der Waals surface area contributed by atoms with Gasteiger partial charge in [-0.15, -0.1) is 6.42 Å². The number of carbonyl (C=O) groups is 1. The van der Waals surface area contributed by atoms with Crippen LogP contribution >= 0.6 is 0 Å². The Bertz CT molecular complexity index is 1120. The molecule has 1 aromatic rings. The minimum Gasteiger partial charge on any atom is -0.385 e. The summed E-state index contributed by atoms with van der Waals surface area (Å²) in [4.78, 5) is 17.5. The third-order valence-electron chi connectivity index (χ3n) is 10.1. The van der Waals surface area contributed by atoms with Gasteiger partial charge in [-0.2, -0.15) is 0 Å². The lowest BCUT2D eigenvalue weighted by Gasteiger charge is -2.58. The number of nitrogens with zero attached hydrogens (tertiary/aromatic N) is 1. The Hall–Kier alpha value is -2.65. The number of oxime groups is 1. The lowest BCUT2D eigenvalue weighted by molar-refractivity contribution is -0.125. The molecule has 4 aliphatic carbocycles. The first kappa shape index (κ1) is 25.0. The molecule has 0 aromatic heterocycles. The maximum absolute atomic E-state index is 13.0. The van der Waals surface area contributed by atoms with Crippen LogP contribution in [-0.2, 0) is 16.2 Å². The zero-order valence-corrected chi connectivity index (χ0v) is 21.4. The number of hydrogen-bond acceptors (Lipinski definition) is 4. The molecular weight excluding hydrogens is 455 g/mol. The van der Waals surface area contributed by atoms with Crippen molar-refractivity contribution in [1.82, 2.24) is 5.32 Å². The number of amides is 1. The van der Waals surface area contributed by atoms with Crippen molar-refractivity contribution in [1.29, 1.82) is 0 Å². The van der Waals surface area contributed by atoms with Gasteiger partial charge in [0.1, 0.15) is 11.4 Å². The minimum atomic E-state index is -0.964. The molecule has 0 unspecified atom stereocenters. The van der Waals surface area contributed by atoms with Gasteiger partial charge in [-0.05, 0) is 98.3 Å². The molecule has 3 fully saturated rings. The zero-order valence-electron chi connectivity index (χ0n) is 21.4. The summed E-state index contributed by atoms with van der Waals surface area (Å²) in [6.07, 6.45) is 15.9. The van der Waals surface area contributed by atoms with Crippen LogP contribution in [0.5, 0.6) is 0 Å². The number of benzene rings is 1. The zero-order chi connectivity index (χ0) is 25.6. The summed E-state index contributed by atoms with van der Waals surface area (Å²) >= 11 is 0. The fourth-order valence-electron chi connectivity index (χ4n) is 7.92. The van der Waals surface area contributed by atoms with Crippen LogP contribution < -0.4 is 5.32 Å². The number of terminal acetylenes is 1. The molecule has 0 heterocycles. The quantitative estimate of drug-likeness (QED) is 0.442. The topological polar surface area (TPSA) is 70.9 Å². The molecule has 0 saturated heterocycles. The molecular formula is C30H37FN2O3. The van der Waals surface area contributed by atoms with Gasteiger partial charge in [0.25, 0.3) is 5.91 Å². The maximum atomic E-state index is 13.0. The van der Waals surface area contributed by atoms with E-state index in [1.165, 1.54) is 17.7 Å². The molecule has 1 amide bonds. The first-order valence-corrected chi connectivity index (χ1v) is 13.3. The highest BCUT2D eigenvalue weighted by Gasteiger charge is 2.63. The van der Waals surface area contributed by atoms with Crippen LogP contribution in [0.2, 0.25) is 0 Å². The second kappa shape index (κ2) is 9.34. The largest absolute Gasteiger partial charge is 0.385 e. The summed E-state index contributed by atoms with van der Waals surface area (Å²) < 4.78 is 13.0. The SMILES string of the molecule is C#C[C@@]1(O)CC[C@H]2[C@@H]3CCC4=CC(=NOCC(=O)NCc5ccc(F)cc5)CC[C@]4(C)[C@@H]3CC[C@@]21C. The molecule has 4 aliphatic rings. The second-order valence-corrected chi connectivity index (χ2v) is 11.8. The fraction of sp³-hybridized carbons (Fsp3) is 0.600. The molecule has 3 saturated carbocycles. The Morgan fingerprint density at radius 2 is 1.92 bits per heavy atom. The number of fused-ring (bicyclic) bond motifs is 5. The van der Waals surface area contributed by atoms with Gasteiger partial charge < -0.3 is 15.3 Å². The normalized spacial score (nSPS) is 38.2. The number of aliphatic hydroxyl groups is 1. The molecule has 5 nitrogen and oxygen atoms in total. The van der Waals surface area contributed by atoms with Gasteiger partial charge in [-0.3, -0.25) is 4.79 Å². The molecule has 6 heteroatoms. The molecule has 0 aliphatic heterocycles. The molecule has 0 bridgehead atoms. The van der Waals surface area contributed by atoms with E-state index in [-0.39, 0.29) is 29.2 Å². The standard InChI is InChI=1S/C30H37FN2O3/c1-4-30(35)16-13-26-24-10-7-21-17-23(11-14-28(21,2)25(24)12-15-29(26,30)3)33-36-19-27(34)32-18-20-5-8-22(31)9-6-20/h1,5-6,8-9,17,24-26,35H,7,10-16,18-19H2,2-3H3,(H,32,34)/t24-,25-,26+,28+,29+,30-/m1/s1. The van der Waals surface area contributed by atoms with E-state index in [4.69, 9.17) is 11.3 Å². The van der Waals surface area contributed by atoms with Crippen LogP contribution in [0.25, 0.3) is 0 Å². The van der Waals surface area contributed by atoms with Crippen LogP contribution in [0.15, 0.2) is 41.1 Å². The summed E-state index contributed by atoms with van der Waals surface area (Å²) in [5, 5.41) is 18.2. The summed E-state index contributed by atoms with van der Waals surface area (Å²) in [6.45, 7) is 4.82. The molecule has 36 heavy (non-hydrogen) atoms. The summed E-state index contributed by atoms with van der Waals surface area (Å²) in [7, 11) is 0. The Labute approximate surface area is 213 Å². The van der Waals surface area contributed by atoms with Crippen LogP contribution in [0.4, 0.5) is 4.39 Å². The van der Waals surface area contributed by atoms with Gasteiger partial charge >= 0.3 is 0 Å². The van der Waals surface area contributed by atoms with Gasteiger partial charge in [0.15, 0.2) is 6.61 Å². The number of hydrogen-bond donors (Lipinski definition) is 2. The minimum absolute atomic E-state index is 0.145. The summed E-state index contributed by atoms with van der Waals surface area (Å²) in [6, 6.07) is 6.04. The average Bonchev–Trinajstić information content (AvgIpc) is 3.15. The van der Waals surface area contributed by atoms with E-state index in [0.717, 1.165) is 62.6 Å². The second-order valence-electron chi connectivity index (χ2n) is 11.8. The summed E-state index contributed by atoms with van der Waals surface area (Å²) in [5.41, 5.74) is 2.18. The first-order valence-electron chi connectivity index (χ1n) is 13.3. The van der Waals surface area contributed by atoms with Crippen LogP contribution in [0.1, 0.15) is 70.8 Å². The van der Waals surface area contributed by atoms with Crippen LogP contribution in [0, 0.1) is 46.7 Å². The maximum Gasteiger partial charge on any atom is 0.261 e. The van der Waals surface area contributed by atoms with Crippen LogP contribution in [-0.4, -0.2) is 28.9 Å². The van der Waals surface area contributed by atoms with Crippen LogP contribution in [0.3, 0.4) is 0 Å². The van der Waals surface area contributed by atoms with Crippen molar-refractivity contribution >= 4 is 11.6 Å².